The molecule has 34 heavy (non-hydrogen) atoms. The summed E-state index contributed by atoms with van der Waals surface area (Å²) in [7, 11) is 1.63. The number of anilines is 1. The van der Waals surface area contributed by atoms with Crippen LogP contribution in [0.15, 0.2) is 84.0 Å². The van der Waals surface area contributed by atoms with Crippen molar-refractivity contribution in [2.45, 2.75) is 25.1 Å². The summed E-state index contributed by atoms with van der Waals surface area (Å²) < 4.78 is 13.1. The van der Waals surface area contributed by atoms with E-state index < -0.39 is 0 Å². The number of nitrogens with zero attached hydrogens (tertiary/aromatic N) is 3. The molecule has 4 rings (SSSR count). The van der Waals surface area contributed by atoms with Gasteiger partial charge in [0.1, 0.15) is 18.1 Å². The fourth-order valence-electron chi connectivity index (χ4n) is 3.29. The van der Waals surface area contributed by atoms with E-state index in [2.05, 4.69) is 22.4 Å². The number of rotatable bonds is 10. The summed E-state index contributed by atoms with van der Waals surface area (Å²) >= 11 is 1.32. The second-order valence-corrected chi connectivity index (χ2v) is 8.36. The average Bonchev–Trinajstić information content (AvgIpc) is 3.30. The maximum absolute atomic E-state index is 12.6. The van der Waals surface area contributed by atoms with Gasteiger partial charge in [0.2, 0.25) is 5.91 Å². The number of carbonyl (C=O) groups excluding carboxylic acids is 1. The fraction of sp³-hybridized carbons (Fsp3) is 0.192. The first-order chi connectivity index (χ1) is 16.7. The number of carbonyl (C=O) groups is 1. The minimum Gasteiger partial charge on any atom is -0.497 e. The molecule has 0 unspecified atom stereocenters. The van der Waals surface area contributed by atoms with Crippen LogP contribution in [0, 0.1) is 0 Å². The van der Waals surface area contributed by atoms with Crippen LogP contribution in [-0.4, -0.2) is 33.5 Å². The molecule has 8 heteroatoms. The van der Waals surface area contributed by atoms with E-state index in [1.54, 1.807) is 7.11 Å². The van der Waals surface area contributed by atoms with Gasteiger partial charge in [-0.25, -0.2) is 0 Å². The van der Waals surface area contributed by atoms with Crippen molar-refractivity contribution in [2.75, 3.05) is 18.2 Å². The number of thioether (sulfide) groups is 1. The highest BCUT2D eigenvalue weighted by Gasteiger charge is 2.17. The van der Waals surface area contributed by atoms with Crippen molar-refractivity contribution >= 4 is 23.4 Å². The van der Waals surface area contributed by atoms with Gasteiger partial charge in [0, 0.05) is 11.4 Å². The quantitative estimate of drug-likeness (QED) is 0.320. The minimum absolute atomic E-state index is 0.111. The highest BCUT2D eigenvalue weighted by Crippen LogP contribution is 2.25. The summed E-state index contributed by atoms with van der Waals surface area (Å²) in [5.74, 6) is 2.22. The first-order valence-electron chi connectivity index (χ1n) is 10.9. The van der Waals surface area contributed by atoms with E-state index in [0.29, 0.717) is 11.0 Å². The lowest BCUT2D eigenvalue weighted by atomic mass is 10.1. The molecule has 0 aliphatic rings. The van der Waals surface area contributed by atoms with E-state index in [9.17, 15) is 4.79 Å². The third kappa shape index (κ3) is 5.96. The maximum Gasteiger partial charge on any atom is 0.234 e. The fourth-order valence-corrected chi connectivity index (χ4v) is 4.06. The molecule has 0 aliphatic heterocycles. The standard InChI is InChI=1S/C26H26N4O3S/c1-3-19-9-11-20(12-10-19)27-25(31)18-34-26-29-28-24(17-33-23-7-5-4-6-8-23)30(26)21-13-15-22(32-2)16-14-21/h4-16H,3,17-18H2,1-2H3,(H,27,31). The molecule has 0 atom stereocenters. The molecule has 0 saturated heterocycles. The van der Waals surface area contributed by atoms with Crippen LogP contribution < -0.4 is 14.8 Å². The van der Waals surface area contributed by atoms with Crippen LogP contribution in [0.2, 0.25) is 0 Å². The van der Waals surface area contributed by atoms with Crippen LogP contribution in [0.5, 0.6) is 11.5 Å². The van der Waals surface area contributed by atoms with Gasteiger partial charge in [-0.3, -0.25) is 9.36 Å². The van der Waals surface area contributed by atoms with Crippen LogP contribution >= 0.6 is 11.8 Å². The van der Waals surface area contributed by atoms with Crippen LogP contribution in [-0.2, 0) is 17.8 Å². The molecule has 1 N–H and O–H groups in total. The monoisotopic (exact) mass is 474 g/mol. The number of aromatic nitrogens is 3. The van der Waals surface area contributed by atoms with Crippen molar-refractivity contribution < 1.29 is 14.3 Å². The van der Waals surface area contributed by atoms with Crippen molar-refractivity contribution in [3.05, 3.63) is 90.3 Å². The molecule has 1 heterocycles. The summed E-state index contributed by atoms with van der Waals surface area (Å²) in [6.45, 7) is 2.34. The predicted octanol–water partition coefficient (Wildman–Crippen LogP) is 5.15. The van der Waals surface area contributed by atoms with E-state index in [-0.39, 0.29) is 18.3 Å². The van der Waals surface area contributed by atoms with Crippen molar-refractivity contribution in [3.63, 3.8) is 0 Å². The Morgan fingerprint density at radius 1 is 0.941 bits per heavy atom. The first kappa shape index (κ1) is 23.4. The number of hydrogen-bond donors (Lipinski definition) is 1. The number of benzene rings is 3. The van der Waals surface area contributed by atoms with Gasteiger partial charge in [-0.1, -0.05) is 49.0 Å². The molecule has 0 fully saturated rings. The zero-order chi connectivity index (χ0) is 23.8. The van der Waals surface area contributed by atoms with E-state index in [0.717, 1.165) is 29.3 Å². The lowest BCUT2D eigenvalue weighted by molar-refractivity contribution is -0.113. The van der Waals surface area contributed by atoms with Gasteiger partial charge >= 0.3 is 0 Å². The molecule has 1 amide bonds. The second-order valence-electron chi connectivity index (χ2n) is 7.42. The van der Waals surface area contributed by atoms with Gasteiger partial charge in [-0.2, -0.15) is 0 Å². The van der Waals surface area contributed by atoms with Crippen LogP contribution in [0.4, 0.5) is 5.69 Å². The van der Waals surface area contributed by atoms with E-state index in [4.69, 9.17) is 9.47 Å². The Morgan fingerprint density at radius 3 is 2.35 bits per heavy atom. The highest BCUT2D eigenvalue weighted by molar-refractivity contribution is 7.99. The number of hydrogen-bond acceptors (Lipinski definition) is 6. The topological polar surface area (TPSA) is 78.3 Å². The van der Waals surface area contributed by atoms with Crippen molar-refractivity contribution in [1.82, 2.24) is 14.8 Å². The molecule has 0 bridgehead atoms. The molecule has 0 spiro atoms. The summed E-state index contributed by atoms with van der Waals surface area (Å²) in [4.78, 5) is 12.6. The number of ether oxygens (including phenoxy) is 2. The number of para-hydroxylation sites is 1. The molecule has 7 nitrogen and oxygen atoms in total. The Kier molecular flexibility index (Phi) is 7.83. The molecule has 0 saturated carbocycles. The SMILES string of the molecule is CCc1ccc(NC(=O)CSc2nnc(COc3ccccc3)n2-c2ccc(OC)cc2)cc1. The minimum atomic E-state index is -0.111. The summed E-state index contributed by atoms with van der Waals surface area (Å²) in [6.07, 6.45) is 0.960. The first-order valence-corrected chi connectivity index (χ1v) is 11.9. The Labute approximate surface area is 203 Å². The number of amides is 1. The number of nitrogens with one attached hydrogen (secondary N) is 1. The largest absolute Gasteiger partial charge is 0.497 e. The Morgan fingerprint density at radius 2 is 1.68 bits per heavy atom. The molecular weight excluding hydrogens is 448 g/mol. The molecule has 4 aromatic rings. The van der Waals surface area contributed by atoms with Crippen molar-refractivity contribution in [1.29, 1.82) is 0 Å². The molecular formula is C26H26N4O3S. The van der Waals surface area contributed by atoms with Gasteiger partial charge in [0.15, 0.2) is 11.0 Å². The summed E-state index contributed by atoms with van der Waals surface area (Å²) in [5.41, 5.74) is 2.86. The lowest BCUT2D eigenvalue weighted by Gasteiger charge is -2.12. The lowest BCUT2D eigenvalue weighted by Crippen LogP contribution is -2.14. The zero-order valence-electron chi connectivity index (χ0n) is 19.1. The maximum atomic E-state index is 12.6. The average molecular weight is 475 g/mol. The molecule has 1 aromatic heterocycles. The van der Waals surface area contributed by atoms with E-state index >= 15 is 0 Å². The van der Waals surface area contributed by atoms with Gasteiger partial charge in [0.05, 0.1) is 12.9 Å². The van der Waals surface area contributed by atoms with Crippen LogP contribution in [0.3, 0.4) is 0 Å². The highest BCUT2D eigenvalue weighted by atomic mass is 32.2. The summed E-state index contributed by atoms with van der Waals surface area (Å²) in [5, 5.41) is 12.2. The second kappa shape index (κ2) is 11.4. The molecule has 0 radical (unpaired) electrons. The van der Waals surface area contributed by atoms with Gasteiger partial charge in [-0.05, 0) is 60.5 Å². The van der Waals surface area contributed by atoms with Gasteiger partial charge < -0.3 is 14.8 Å². The number of aryl methyl sites for hydroxylation is 1. The smallest absolute Gasteiger partial charge is 0.234 e. The van der Waals surface area contributed by atoms with Crippen molar-refractivity contribution in [3.8, 4) is 17.2 Å². The number of methoxy groups -OCH3 is 1. The Bertz CT molecular complexity index is 1210. The third-order valence-electron chi connectivity index (χ3n) is 5.12. The molecule has 174 valence electrons. The molecule has 3 aromatic carbocycles. The summed E-state index contributed by atoms with van der Waals surface area (Å²) in [6, 6.07) is 25.0. The van der Waals surface area contributed by atoms with E-state index in [1.165, 1.54) is 17.3 Å². The van der Waals surface area contributed by atoms with Crippen LogP contribution in [0.1, 0.15) is 18.3 Å². The van der Waals surface area contributed by atoms with Crippen molar-refractivity contribution in [2.24, 2.45) is 0 Å². The Hall–Kier alpha value is -3.78. The zero-order valence-corrected chi connectivity index (χ0v) is 19.9. The normalized spacial score (nSPS) is 10.6. The third-order valence-corrected chi connectivity index (χ3v) is 6.05. The predicted molar refractivity (Wildman–Crippen MR) is 134 cm³/mol. The van der Waals surface area contributed by atoms with E-state index in [1.807, 2.05) is 83.4 Å². The van der Waals surface area contributed by atoms with Gasteiger partial charge in [0.25, 0.3) is 0 Å². The molecule has 0 aliphatic carbocycles. The Balaban J connectivity index is 1.49. The van der Waals surface area contributed by atoms with Gasteiger partial charge in [-0.15, -0.1) is 10.2 Å². The van der Waals surface area contributed by atoms with Crippen LogP contribution in [0.25, 0.3) is 5.69 Å².